The molecule has 146 valence electrons. The molecule has 0 aliphatic carbocycles. The number of benzene rings is 1. The molecule has 28 heavy (non-hydrogen) atoms. The first-order chi connectivity index (χ1) is 13.7. The van der Waals surface area contributed by atoms with E-state index in [1.807, 2.05) is 46.3 Å². The monoisotopic (exact) mass is 378 g/mol. The van der Waals surface area contributed by atoms with Crippen LogP contribution >= 0.6 is 0 Å². The van der Waals surface area contributed by atoms with Gasteiger partial charge in [0.05, 0.1) is 0 Å². The molecule has 0 unspecified atom stereocenters. The Bertz CT molecular complexity index is 814. The summed E-state index contributed by atoms with van der Waals surface area (Å²) < 4.78 is 0. The van der Waals surface area contributed by atoms with Crippen molar-refractivity contribution in [2.24, 2.45) is 0 Å². The van der Waals surface area contributed by atoms with E-state index in [9.17, 15) is 9.59 Å². The van der Waals surface area contributed by atoms with E-state index in [0.717, 1.165) is 56.8 Å². The summed E-state index contributed by atoms with van der Waals surface area (Å²) in [6.07, 6.45) is 5.29. The lowest BCUT2D eigenvalue weighted by molar-refractivity contribution is -0.128. The highest BCUT2D eigenvalue weighted by molar-refractivity contribution is 5.94. The van der Waals surface area contributed by atoms with Gasteiger partial charge in [-0.2, -0.15) is 0 Å². The number of hydrogen-bond acceptors (Lipinski definition) is 4. The summed E-state index contributed by atoms with van der Waals surface area (Å²) in [6, 6.07) is 11.8. The van der Waals surface area contributed by atoms with E-state index >= 15 is 0 Å². The molecule has 6 heteroatoms. The van der Waals surface area contributed by atoms with Crippen molar-refractivity contribution in [1.29, 1.82) is 0 Å². The van der Waals surface area contributed by atoms with Crippen LogP contribution in [0.25, 0.3) is 0 Å². The lowest BCUT2D eigenvalue weighted by Gasteiger charge is -2.34. The summed E-state index contributed by atoms with van der Waals surface area (Å²) in [5.41, 5.74) is 3.00. The van der Waals surface area contributed by atoms with Crippen LogP contribution in [0.3, 0.4) is 0 Å². The normalized spacial score (nSPS) is 17.9. The number of aromatic nitrogens is 1. The topological polar surface area (TPSA) is 56.8 Å². The maximum atomic E-state index is 12.8. The van der Waals surface area contributed by atoms with Crippen molar-refractivity contribution in [2.75, 3.05) is 32.7 Å². The molecule has 0 spiro atoms. The fourth-order valence-corrected chi connectivity index (χ4v) is 3.89. The first-order valence-electron chi connectivity index (χ1n) is 9.96. The van der Waals surface area contributed by atoms with Crippen LogP contribution in [0.2, 0.25) is 0 Å². The van der Waals surface area contributed by atoms with E-state index in [1.165, 1.54) is 5.56 Å². The Morgan fingerprint density at radius 2 is 1.71 bits per heavy atom. The number of pyridine rings is 1. The van der Waals surface area contributed by atoms with Crippen molar-refractivity contribution in [3.05, 3.63) is 65.5 Å². The van der Waals surface area contributed by atoms with E-state index in [-0.39, 0.29) is 11.8 Å². The molecule has 2 aliphatic heterocycles. The van der Waals surface area contributed by atoms with Gasteiger partial charge in [-0.25, -0.2) is 0 Å². The van der Waals surface area contributed by atoms with Gasteiger partial charge in [0.2, 0.25) is 5.91 Å². The van der Waals surface area contributed by atoms with Crippen molar-refractivity contribution < 1.29 is 9.59 Å². The van der Waals surface area contributed by atoms with Gasteiger partial charge in [0, 0.05) is 70.2 Å². The molecule has 2 aromatic rings. The molecule has 2 aliphatic rings. The number of nitrogens with zero attached hydrogens (tertiary/aromatic N) is 4. The molecule has 3 heterocycles. The first-order valence-corrected chi connectivity index (χ1v) is 9.96. The van der Waals surface area contributed by atoms with E-state index in [4.69, 9.17) is 0 Å². The van der Waals surface area contributed by atoms with Gasteiger partial charge < -0.3 is 9.80 Å². The predicted molar refractivity (Wildman–Crippen MR) is 107 cm³/mol. The minimum absolute atomic E-state index is 0.0878. The second kappa shape index (κ2) is 8.52. The Hall–Kier alpha value is -2.73. The largest absolute Gasteiger partial charge is 0.338 e. The molecule has 0 bridgehead atoms. The number of likely N-dealkylation sites (tertiary alicyclic amines) is 1. The van der Waals surface area contributed by atoms with Gasteiger partial charge in [0.15, 0.2) is 0 Å². The van der Waals surface area contributed by atoms with Crippen LogP contribution in [0.15, 0.2) is 48.8 Å². The van der Waals surface area contributed by atoms with Gasteiger partial charge in [-0.1, -0.05) is 18.2 Å². The van der Waals surface area contributed by atoms with Gasteiger partial charge in [-0.3, -0.25) is 19.5 Å². The van der Waals surface area contributed by atoms with E-state index in [1.54, 1.807) is 6.20 Å². The molecule has 0 N–H and O–H groups in total. The average molecular weight is 378 g/mol. The number of carbonyl (C=O) groups excluding carboxylic acids is 2. The fraction of sp³-hybridized carbons (Fsp3) is 0.409. The Morgan fingerprint density at radius 1 is 0.929 bits per heavy atom. The minimum atomic E-state index is 0.0878. The summed E-state index contributed by atoms with van der Waals surface area (Å²) in [4.78, 5) is 34.9. The number of hydrogen-bond donors (Lipinski definition) is 0. The summed E-state index contributed by atoms with van der Waals surface area (Å²) >= 11 is 0. The fourth-order valence-electron chi connectivity index (χ4n) is 3.89. The highest BCUT2D eigenvalue weighted by atomic mass is 16.2. The SMILES string of the molecule is O=C1CCCN1Cc1ccc(C(=O)N2CCN(Cc3cccnc3)CC2)cc1. The molecular weight excluding hydrogens is 352 g/mol. The van der Waals surface area contributed by atoms with Gasteiger partial charge in [0.1, 0.15) is 0 Å². The Balaban J connectivity index is 1.29. The third-order valence-electron chi connectivity index (χ3n) is 5.53. The van der Waals surface area contributed by atoms with Gasteiger partial charge in [0.25, 0.3) is 5.91 Å². The highest BCUT2D eigenvalue weighted by Crippen LogP contribution is 2.16. The zero-order chi connectivity index (χ0) is 19.3. The van der Waals surface area contributed by atoms with E-state index in [2.05, 4.69) is 16.0 Å². The van der Waals surface area contributed by atoms with Crippen molar-refractivity contribution in [3.63, 3.8) is 0 Å². The molecule has 1 aromatic heterocycles. The molecule has 2 saturated heterocycles. The second-order valence-corrected chi connectivity index (χ2v) is 7.55. The molecule has 1 aromatic carbocycles. The summed E-state index contributed by atoms with van der Waals surface area (Å²) in [6.45, 7) is 5.57. The smallest absolute Gasteiger partial charge is 0.253 e. The van der Waals surface area contributed by atoms with Crippen LogP contribution in [0.5, 0.6) is 0 Å². The lowest BCUT2D eigenvalue weighted by atomic mass is 10.1. The van der Waals surface area contributed by atoms with Crippen LogP contribution < -0.4 is 0 Å². The van der Waals surface area contributed by atoms with Crippen LogP contribution in [0, 0.1) is 0 Å². The summed E-state index contributed by atoms with van der Waals surface area (Å²) in [5, 5.41) is 0. The predicted octanol–water partition coefficient (Wildman–Crippen LogP) is 2.16. The molecule has 0 saturated carbocycles. The first kappa shape index (κ1) is 18.6. The van der Waals surface area contributed by atoms with Crippen molar-refractivity contribution in [1.82, 2.24) is 19.7 Å². The van der Waals surface area contributed by atoms with Crippen LogP contribution in [0.4, 0.5) is 0 Å². The van der Waals surface area contributed by atoms with E-state index in [0.29, 0.717) is 13.0 Å². The molecule has 2 fully saturated rings. The van der Waals surface area contributed by atoms with Gasteiger partial charge in [-0.15, -0.1) is 0 Å². The maximum absolute atomic E-state index is 12.8. The average Bonchev–Trinajstić information content (AvgIpc) is 3.14. The molecule has 6 nitrogen and oxygen atoms in total. The zero-order valence-electron chi connectivity index (χ0n) is 16.1. The molecule has 0 radical (unpaired) electrons. The third-order valence-corrected chi connectivity index (χ3v) is 5.53. The zero-order valence-corrected chi connectivity index (χ0v) is 16.1. The van der Waals surface area contributed by atoms with Crippen LogP contribution in [0.1, 0.15) is 34.3 Å². The number of piperazine rings is 1. The van der Waals surface area contributed by atoms with Crippen molar-refractivity contribution in [2.45, 2.75) is 25.9 Å². The maximum Gasteiger partial charge on any atom is 0.253 e. The quantitative estimate of drug-likeness (QED) is 0.800. The molecule has 0 atom stereocenters. The molecule has 4 rings (SSSR count). The molecular formula is C22H26N4O2. The number of amides is 2. The summed E-state index contributed by atoms with van der Waals surface area (Å²) in [5.74, 6) is 0.314. The third kappa shape index (κ3) is 4.39. The molecule has 2 amide bonds. The Morgan fingerprint density at radius 3 is 2.36 bits per heavy atom. The van der Waals surface area contributed by atoms with Gasteiger partial charge >= 0.3 is 0 Å². The Kier molecular flexibility index (Phi) is 5.67. The van der Waals surface area contributed by atoms with Crippen molar-refractivity contribution >= 4 is 11.8 Å². The lowest BCUT2D eigenvalue weighted by Crippen LogP contribution is -2.48. The van der Waals surface area contributed by atoms with Crippen LogP contribution in [-0.4, -0.2) is 64.2 Å². The number of carbonyl (C=O) groups is 2. The van der Waals surface area contributed by atoms with Crippen molar-refractivity contribution in [3.8, 4) is 0 Å². The van der Waals surface area contributed by atoms with E-state index < -0.39 is 0 Å². The Labute approximate surface area is 165 Å². The van der Waals surface area contributed by atoms with Crippen LogP contribution in [-0.2, 0) is 17.9 Å². The number of rotatable bonds is 5. The van der Waals surface area contributed by atoms with Gasteiger partial charge in [-0.05, 0) is 35.7 Å². The standard InChI is InChI=1S/C22H26N4O2/c27-21-4-2-10-26(21)17-18-5-7-20(8-6-18)22(28)25-13-11-24(12-14-25)16-19-3-1-9-23-15-19/h1,3,5-9,15H,2,4,10-14,16-17H2. The summed E-state index contributed by atoms with van der Waals surface area (Å²) in [7, 11) is 0. The highest BCUT2D eigenvalue weighted by Gasteiger charge is 2.23. The minimum Gasteiger partial charge on any atom is -0.338 e. The second-order valence-electron chi connectivity index (χ2n) is 7.55.